The zero-order valence-electron chi connectivity index (χ0n) is 16.7. The Labute approximate surface area is 179 Å². The van der Waals surface area contributed by atoms with Gasteiger partial charge in [-0.05, 0) is 24.6 Å². The molecule has 3 rings (SSSR count). The number of carbonyl (C=O) groups is 1. The molecule has 30 heavy (non-hydrogen) atoms. The lowest BCUT2D eigenvalue weighted by Crippen LogP contribution is -2.20. The number of para-hydroxylation sites is 1. The number of aryl methyl sites for hydroxylation is 1. The molecule has 0 bridgehead atoms. The molecule has 0 aliphatic heterocycles. The number of nitrogens with zero attached hydrogens (tertiary/aromatic N) is 4. The van der Waals surface area contributed by atoms with Gasteiger partial charge in [-0.3, -0.25) is 9.36 Å². The number of thioether (sulfide) groups is 1. The van der Waals surface area contributed by atoms with Crippen LogP contribution in [0, 0.1) is 6.92 Å². The fraction of sp³-hybridized carbons (Fsp3) is 0.182. The zero-order chi connectivity index (χ0) is 21.2. The molecule has 0 aliphatic carbocycles. The van der Waals surface area contributed by atoms with Crippen molar-refractivity contribution in [3.8, 4) is 5.75 Å². The first kappa shape index (κ1) is 21.3. The Morgan fingerprint density at radius 1 is 1.20 bits per heavy atom. The van der Waals surface area contributed by atoms with Gasteiger partial charge in [-0.15, -0.1) is 16.8 Å². The number of hydrogen-bond acceptors (Lipinski definition) is 6. The minimum Gasteiger partial charge on any atom is -0.486 e. The van der Waals surface area contributed by atoms with Crippen molar-refractivity contribution in [2.45, 2.75) is 25.2 Å². The molecule has 1 N–H and O–H groups in total. The van der Waals surface area contributed by atoms with Crippen LogP contribution in [-0.2, 0) is 17.9 Å². The number of benzene rings is 2. The molecular weight excluding hydrogens is 398 g/mol. The van der Waals surface area contributed by atoms with Crippen LogP contribution in [0.25, 0.3) is 0 Å². The predicted octanol–water partition coefficient (Wildman–Crippen LogP) is 3.59. The number of ether oxygens (including phenoxy) is 1. The second-order valence-electron chi connectivity index (χ2n) is 6.39. The molecule has 154 valence electrons. The summed E-state index contributed by atoms with van der Waals surface area (Å²) in [6, 6.07) is 17.4. The number of rotatable bonds is 10. The normalized spacial score (nSPS) is 10.8. The molecule has 0 radical (unpaired) electrons. The zero-order valence-corrected chi connectivity index (χ0v) is 17.5. The largest absolute Gasteiger partial charge is 0.486 e. The number of amides is 1. The number of carbonyl (C=O) groups excluding carboxylic acids is 1. The van der Waals surface area contributed by atoms with E-state index < -0.39 is 0 Å². The van der Waals surface area contributed by atoms with E-state index in [0.717, 1.165) is 11.3 Å². The van der Waals surface area contributed by atoms with E-state index >= 15 is 0 Å². The summed E-state index contributed by atoms with van der Waals surface area (Å²) in [4.78, 5) is 12.1. The number of nitrogens with one attached hydrogen (secondary N) is 1. The Bertz CT molecular complexity index is 1000. The molecule has 1 aromatic heterocycles. The van der Waals surface area contributed by atoms with E-state index in [2.05, 4.69) is 27.3 Å². The van der Waals surface area contributed by atoms with E-state index in [1.807, 2.05) is 66.1 Å². The van der Waals surface area contributed by atoms with Crippen LogP contribution in [0.3, 0.4) is 0 Å². The Balaban J connectivity index is 1.53. The highest BCUT2D eigenvalue weighted by molar-refractivity contribution is 7.99. The van der Waals surface area contributed by atoms with Crippen LogP contribution in [0.1, 0.15) is 17.0 Å². The fourth-order valence-electron chi connectivity index (χ4n) is 2.50. The Hall–Kier alpha value is -3.39. The van der Waals surface area contributed by atoms with E-state index in [1.54, 1.807) is 12.3 Å². The van der Waals surface area contributed by atoms with Gasteiger partial charge in [0.05, 0.1) is 12.0 Å². The number of allylic oxidation sites excluding steroid dienone is 1. The predicted molar refractivity (Wildman–Crippen MR) is 119 cm³/mol. The molecule has 0 fully saturated rings. The molecule has 0 aliphatic rings. The van der Waals surface area contributed by atoms with Gasteiger partial charge in [-0.1, -0.05) is 65.9 Å². The third-order valence-corrected chi connectivity index (χ3v) is 5.00. The van der Waals surface area contributed by atoms with Crippen LogP contribution in [0.2, 0.25) is 0 Å². The number of hydrogen-bond donors (Lipinski definition) is 1. The molecular formula is C22H23N5O2S. The fourth-order valence-corrected chi connectivity index (χ4v) is 3.26. The van der Waals surface area contributed by atoms with Crippen LogP contribution in [0.5, 0.6) is 5.75 Å². The Morgan fingerprint density at radius 3 is 2.70 bits per heavy atom. The van der Waals surface area contributed by atoms with Gasteiger partial charge in [0.15, 0.2) is 11.0 Å². The summed E-state index contributed by atoms with van der Waals surface area (Å²) in [5.41, 5.74) is 4.62. The molecule has 1 heterocycles. The molecule has 3 aromatic rings. The summed E-state index contributed by atoms with van der Waals surface area (Å²) in [7, 11) is 0. The molecule has 8 heteroatoms. The van der Waals surface area contributed by atoms with Crippen molar-refractivity contribution in [1.82, 2.24) is 20.2 Å². The van der Waals surface area contributed by atoms with Crippen molar-refractivity contribution in [1.29, 1.82) is 0 Å². The monoisotopic (exact) mass is 421 g/mol. The second-order valence-corrected chi connectivity index (χ2v) is 7.33. The lowest BCUT2D eigenvalue weighted by atomic mass is 10.2. The molecule has 1 amide bonds. The standard InChI is InChI=1S/C22H23N5O2S/c1-3-13-27-20(15-29-19-7-5-4-6-8-19)24-26-22(27)30-16-21(28)25-23-14-18-11-9-17(2)10-12-18/h3-12,14H,1,13,15-16H2,2H3,(H,25,28)/b23-14-. The lowest BCUT2D eigenvalue weighted by Gasteiger charge is -2.09. The Kier molecular flexibility index (Phi) is 7.79. The van der Waals surface area contributed by atoms with Crippen LogP contribution in [0.4, 0.5) is 0 Å². The van der Waals surface area contributed by atoms with Crippen molar-refractivity contribution in [3.05, 3.63) is 84.2 Å². The van der Waals surface area contributed by atoms with Crippen molar-refractivity contribution in [2.75, 3.05) is 5.75 Å². The van der Waals surface area contributed by atoms with Crippen molar-refractivity contribution < 1.29 is 9.53 Å². The van der Waals surface area contributed by atoms with Crippen molar-refractivity contribution in [3.63, 3.8) is 0 Å². The molecule has 7 nitrogen and oxygen atoms in total. The maximum absolute atomic E-state index is 12.1. The van der Waals surface area contributed by atoms with Gasteiger partial charge in [0, 0.05) is 6.54 Å². The summed E-state index contributed by atoms with van der Waals surface area (Å²) in [5, 5.41) is 13.0. The third kappa shape index (κ3) is 6.31. The molecule has 0 atom stereocenters. The van der Waals surface area contributed by atoms with Gasteiger partial charge in [0.2, 0.25) is 0 Å². The smallest absolute Gasteiger partial charge is 0.250 e. The summed E-state index contributed by atoms with van der Waals surface area (Å²) in [5.74, 6) is 1.36. The lowest BCUT2D eigenvalue weighted by molar-refractivity contribution is -0.118. The van der Waals surface area contributed by atoms with Crippen LogP contribution in [0.15, 0.2) is 77.5 Å². The van der Waals surface area contributed by atoms with E-state index in [4.69, 9.17) is 4.74 Å². The van der Waals surface area contributed by atoms with Crippen LogP contribution < -0.4 is 10.2 Å². The first-order valence-corrected chi connectivity index (χ1v) is 10.4. The summed E-state index contributed by atoms with van der Waals surface area (Å²) in [6.45, 7) is 6.60. The van der Waals surface area contributed by atoms with Crippen molar-refractivity contribution >= 4 is 23.9 Å². The first-order chi connectivity index (χ1) is 14.7. The van der Waals surface area contributed by atoms with E-state index in [1.165, 1.54) is 17.3 Å². The quantitative estimate of drug-likeness (QED) is 0.234. The molecule has 0 spiro atoms. The van der Waals surface area contributed by atoms with Gasteiger partial charge >= 0.3 is 0 Å². The minimum absolute atomic E-state index is 0.167. The summed E-state index contributed by atoms with van der Waals surface area (Å²) >= 11 is 1.29. The van der Waals surface area contributed by atoms with E-state index in [0.29, 0.717) is 17.5 Å². The van der Waals surface area contributed by atoms with Gasteiger partial charge in [0.25, 0.3) is 5.91 Å². The summed E-state index contributed by atoms with van der Waals surface area (Å²) in [6.07, 6.45) is 3.37. The maximum Gasteiger partial charge on any atom is 0.250 e. The van der Waals surface area contributed by atoms with Gasteiger partial charge in [-0.2, -0.15) is 5.10 Å². The maximum atomic E-state index is 12.1. The molecule has 2 aromatic carbocycles. The highest BCUT2D eigenvalue weighted by Crippen LogP contribution is 2.18. The topological polar surface area (TPSA) is 81.4 Å². The third-order valence-electron chi connectivity index (χ3n) is 4.03. The van der Waals surface area contributed by atoms with Crippen molar-refractivity contribution in [2.24, 2.45) is 5.10 Å². The summed E-state index contributed by atoms with van der Waals surface area (Å²) < 4.78 is 7.63. The van der Waals surface area contributed by atoms with Gasteiger partial charge in [-0.25, -0.2) is 5.43 Å². The van der Waals surface area contributed by atoms with Gasteiger partial charge < -0.3 is 4.74 Å². The van der Waals surface area contributed by atoms with Crippen LogP contribution in [-0.4, -0.2) is 32.6 Å². The minimum atomic E-state index is -0.224. The second kappa shape index (κ2) is 11.0. The number of hydrazone groups is 1. The molecule has 0 saturated carbocycles. The average Bonchev–Trinajstić information content (AvgIpc) is 3.15. The number of aromatic nitrogens is 3. The van der Waals surface area contributed by atoms with E-state index in [-0.39, 0.29) is 18.3 Å². The molecule has 0 unspecified atom stereocenters. The van der Waals surface area contributed by atoms with Crippen LogP contribution >= 0.6 is 11.8 Å². The van der Waals surface area contributed by atoms with E-state index in [9.17, 15) is 4.79 Å². The van der Waals surface area contributed by atoms with Gasteiger partial charge in [0.1, 0.15) is 12.4 Å². The highest BCUT2D eigenvalue weighted by atomic mass is 32.2. The SMILES string of the molecule is C=CCn1c(COc2ccccc2)nnc1SCC(=O)N/N=C\c1ccc(C)cc1. The highest BCUT2D eigenvalue weighted by Gasteiger charge is 2.14. The first-order valence-electron chi connectivity index (χ1n) is 9.38. The Morgan fingerprint density at radius 2 is 1.97 bits per heavy atom. The molecule has 0 saturated heterocycles. The average molecular weight is 422 g/mol.